The van der Waals surface area contributed by atoms with Crippen molar-refractivity contribution < 1.29 is 4.74 Å². The van der Waals surface area contributed by atoms with Gasteiger partial charge < -0.3 is 15.0 Å². The molecule has 1 aromatic carbocycles. The molecule has 1 heterocycles. The molecule has 0 aliphatic heterocycles. The van der Waals surface area contributed by atoms with Crippen LogP contribution in [-0.4, -0.2) is 25.7 Å². The van der Waals surface area contributed by atoms with E-state index in [1.165, 1.54) is 5.56 Å². The van der Waals surface area contributed by atoms with Crippen LogP contribution in [0.3, 0.4) is 0 Å². The summed E-state index contributed by atoms with van der Waals surface area (Å²) in [6.45, 7) is 5.94. The highest BCUT2D eigenvalue weighted by Gasteiger charge is 2.11. The van der Waals surface area contributed by atoms with Gasteiger partial charge in [-0.3, -0.25) is 0 Å². The minimum absolute atomic E-state index is 0.844. The average molecular weight is 285 g/mol. The molecule has 0 aliphatic rings. The molecule has 0 saturated heterocycles. The van der Waals surface area contributed by atoms with Crippen LogP contribution in [0.2, 0.25) is 0 Å². The normalized spacial score (nSPS) is 10.5. The molecule has 0 atom stereocenters. The van der Waals surface area contributed by atoms with Gasteiger partial charge in [-0.25, -0.2) is 4.98 Å². The number of nitrogens with one attached hydrogen (secondary N) is 1. The molecule has 0 saturated carbocycles. The van der Waals surface area contributed by atoms with E-state index in [-0.39, 0.29) is 0 Å². The number of nitrogens with zero attached hydrogens (tertiary/aromatic N) is 2. The van der Waals surface area contributed by atoms with Crippen molar-refractivity contribution in [1.29, 1.82) is 0 Å². The summed E-state index contributed by atoms with van der Waals surface area (Å²) in [5.41, 5.74) is 3.26. The Morgan fingerprint density at radius 1 is 1.24 bits per heavy atom. The van der Waals surface area contributed by atoms with E-state index in [2.05, 4.69) is 34.3 Å². The van der Waals surface area contributed by atoms with E-state index < -0.39 is 0 Å². The van der Waals surface area contributed by atoms with Crippen molar-refractivity contribution in [1.82, 2.24) is 10.3 Å². The van der Waals surface area contributed by atoms with Crippen LogP contribution in [0.4, 0.5) is 11.5 Å². The molecule has 2 rings (SSSR count). The van der Waals surface area contributed by atoms with E-state index in [0.29, 0.717) is 0 Å². The molecular weight excluding hydrogens is 262 g/mol. The first-order valence-electron chi connectivity index (χ1n) is 7.20. The summed E-state index contributed by atoms with van der Waals surface area (Å²) in [5.74, 6) is 1.77. The third-order valence-corrected chi connectivity index (χ3v) is 3.37. The Labute approximate surface area is 126 Å². The summed E-state index contributed by atoms with van der Waals surface area (Å²) in [7, 11) is 3.70. The van der Waals surface area contributed by atoms with Gasteiger partial charge >= 0.3 is 0 Å². The summed E-state index contributed by atoms with van der Waals surface area (Å²) < 4.78 is 5.43. The lowest BCUT2D eigenvalue weighted by Crippen LogP contribution is -2.15. The lowest BCUT2D eigenvalue weighted by atomic mass is 10.2. The predicted octanol–water partition coefficient (Wildman–Crippen LogP) is 3.28. The number of aryl methyl sites for hydroxylation is 1. The molecule has 21 heavy (non-hydrogen) atoms. The summed E-state index contributed by atoms with van der Waals surface area (Å²) in [6, 6.07) is 12.2. The fourth-order valence-corrected chi connectivity index (χ4v) is 2.29. The standard InChI is InChI=1S/C17H23N3O/c1-5-18-12-14-10-13(2)19-17(11-14)20(3)15-8-6-7-9-16(15)21-4/h6-11,18H,5,12H2,1-4H3. The Bertz CT molecular complexity index is 598. The van der Waals surface area contributed by atoms with Crippen molar-refractivity contribution in [3.05, 3.63) is 47.7 Å². The summed E-state index contributed by atoms with van der Waals surface area (Å²) in [4.78, 5) is 6.69. The van der Waals surface area contributed by atoms with E-state index in [0.717, 1.165) is 36.0 Å². The van der Waals surface area contributed by atoms with Gasteiger partial charge in [0, 0.05) is 19.3 Å². The highest BCUT2D eigenvalue weighted by Crippen LogP contribution is 2.31. The monoisotopic (exact) mass is 285 g/mol. The molecule has 4 nitrogen and oxygen atoms in total. The molecule has 0 amide bonds. The molecule has 0 unspecified atom stereocenters. The second-order valence-corrected chi connectivity index (χ2v) is 4.99. The maximum absolute atomic E-state index is 5.43. The summed E-state index contributed by atoms with van der Waals surface area (Å²) in [6.07, 6.45) is 0. The van der Waals surface area contributed by atoms with Gasteiger partial charge in [-0.05, 0) is 43.3 Å². The Morgan fingerprint density at radius 2 is 2.00 bits per heavy atom. The van der Waals surface area contributed by atoms with Crippen LogP contribution in [0, 0.1) is 6.92 Å². The van der Waals surface area contributed by atoms with Gasteiger partial charge in [0.1, 0.15) is 11.6 Å². The van der Waals surface area contributed by atoms with E-state index in [4.69, 9.17) is 4.74 Å². The van der Waals surface area contributed by atoms with Gasteiger partial charge in [0.15, 0.2) is 0 Å². The number of methoxy groups -OCH3 is 1. The van der Waals surface area contributed by atoms with Gasteiger partial charge in [-0.15, -0.1) is 0 Å². The van der Waals surface area contributed by atoms with Crippen LogP contribution in [0.1, 0.15) is 18.2 Å². The Hall–Kier alpha value is -2.07. The maximum atomic E-state index is 5.43. The Kier molecular flexibility index (Phi) is 5.17. The number of hydrogen-bond donors (Lipinski definition) is 1. The van der Waals surface area contributed by atoms with E-state index in [1.807, 2.05) is 38.2 Å². The van der Waals surface area contributed by atoms with Crippen molar-refractivity contribution in [3.63, 3.8) is 0 Å². The molecule has 0 bridgehead atoms. The topological polar surface area (TPSA) is 37.4 Å². The zero-order chi connectivity index (χ0) is 15.2. The Morgan fingerprint density at radius 3 is 2.71 bits per heavy atom. The molecule has 1 aromatic heterocycles. The lowest BCUT2D eigenvalue weighted by molar-refractivity contribution is 0.415. The number of ether oxygens (including phenoxy) is 1. The Balaban J connectivity index is 2.34. The van der Waals surface area contributed by atoms with Gasteiger partial charge in [0.25, 0.3) is 0 Å². The third kappa shape index (κ3) is 3.73. The molecule has 112 valence electrons. The zero-order valence-corrected chi connectivity index (χ0v) is 13.2. The smallest absolute Gasteiger partial charge is 0.142 e. The molecule has 4 heteroatoms. The number of aromatic nitrogens is 1. The van der Waals surface area contributed by atoms with Crippen LogP contribution < -0.4 is 15.0 Å². The molecule has 2 aromatic rings. The highest BCUT2D eigenvalue weighted by atomic mass is 16.5. The minimum Gasteiger partial charge on any atom is -0.495 e. The number of anilines is 2. The van der Waals surface area contributed by atoms with Crippen LogP contribution >= 0.6 is 0 Å². The van der Waals surface area contributed by atoms with Gasteiger partial charge in [-0.1, -0.05) is 19.1 Å². The number of rotatable bonds is 6. The van der Waals surface area contributed by atoms with E-state index in [9.17, 15) is 0 Å². The highest BCUT2D eigenvalue weighted by molar-refractivity contribution is 5.66. The first-order chi connectivity index (χ1) is 10.2. The average Bonchev–Trinajstić information content (AvgIpc) is 2.51. The van der Waals surface area contributed by atoms with Gasteiger partial charge in [-0.2, -0.15) is 0 Å². The summed E-state index contributed by atoms with van der Waals surface area (Å²) >= 11 is 0. The zero-order valence-electron chi connectivity index (χ0n) is 13.2. The molecule has 0 radical (unpaired) electrons. The summed E-state index contributed by atoms with van der Waals surface area (Å²) in [5, 5.41) is 3.35. The van der Waals surface area contributed by atoms with Gasteiger partial charge in [0.2, 0.25) is 0 Å². The van der Waals surface area contributed by atoms with Crippen LogP contribution in [0.15, 0.2) is 36.4 Å². The van der Waals surface area contributed by atoms with Gasteiger partial charge in [0.05, 0.1) is 12.8 Å². The SMILES string of the molecule is CCNCc1cc(C)nc(N(C)c2ccccc2OC)c1. The first kappa shape index (κ1) is 15.3. The fraction of sp³-hybridized carbons (Fsp3) is 0.353. The third-order valence-electron chi connectivity index (χ3n) is 3.37. The number of para-hydroxylation sites is 2. The number of benzene rings is 1. The molecule has 1 N–H and O–H groups in total. The fourth-order valence-electron chi connectivity index (χ4n) is 2.29. The molecule has 0 spiro atoms. The van der Waals surface area contributed by atoms with Crippen molar-refractivity contribution in [2.45, 2.75) is 20.4 Å². The number of hydrogen-bond acceptors (Lipinski definition) is 4. The van der Waals surface area contributed by atoms with Crippen LogP contribution in [0.25, 0.3) is 0 Å². The van der Waals surface area contributed by atoms with Crippen molar-refractivity contribution in [2.24, 2.45) is 0 Å². The van der Waals surface area contributed by atoms with E-state index in [1.54, 1.807) is 7.11 Å². The number of pyridine rings is 1. The van der Waals surface area contributed by atoms with Crippen LogP contribution in [-0.2, 0) is 6.54 Å². The van der Waals surface area contributed by atoms with Crippen LogP contribution in [0.5, 0.6) is 5.75 Å². The lowest BCUT2D eigenvalue weighted by Gasteiger charge is -2.22. The molecular formula is C17H23N3O. The van der Waals surface area contributed by atoms with E-state index >= 15 is 0 Å². The second-order valence-electron chi connectivity index (χ2n) is 4.99. The minimum atomic E-state index is 0.844. The van der Waals surface area contributed by atoms with Crippen molar-refractivity contribution in [3.8, 4) is 5.75 Å². The quantitative estimate of drug-likeness (QED) is 0.884. The first-order valence-corrected chi connectivity index (χ1v) is 7.20. The largest absolute Gasteiger partial charge is 0.495 e. The van der Waals surface area contributed by atoms with Crippen molar-refractivity contribution in [2.75, 3.05) is 25.6 Å². The van der Waals surface area contributed by atoms with Crippen molar-refractivity contribution >= 4 is 11.5 Å². The predicted molar refractivity (Wildman–Crippen MR) is 87.4 cm³/mol. The molecule has 0 fully saturated rings. The maximum Gasteiger partial charge on any atom is 0.142 e. The molecule has 0 aliphatic carbocycles. The second kappa shape index (κ2) is 7.09.